The molecule has 1 spiro atoms. The number of carbonyl (C=O) groups excluding carboxylic acids is 2. The van der Waals surface area contributed by atoms with Crippen LogP contribution in [0.2, 0.25) is 0 Å². The number of rotatable bonds is 4. The van der Waals surface area contributed by atoms with Crippen molar-refractivity contribution in [2.45, 2.75) is 63.4 Å². The molecular weight excluding hydrogens is 373 g/mol. The second-order valence-electron chi connectivity index (χ2n) is 7.37. The van der Waals surface area contributed by atoms with Crippen LogP contribution < -0.4 is 5.32 Å². The van der Waals surface area contributed by atoms with E-state index in [4.69, 9.17) is 4.74 Å². The van der Waals surface area contributed by atoms with Crippen LogP contribution in [0, 0.1) is 0 Å². The van der Waals surface area contributed by atoms with Crippen LogP contribution in [-0.2, 0) is 15.7 Å². The van der Waals surface area contributed by atoms with Gasteiger partial charge in [0.15, 0.2) is 0 Å². The predicted molar refractivity (Wildman–Crippen MR) is 96.5 cm³/mol. The van der Waals surface area contributed by atoms with Gasteiger partial charge in [0.1, 0.15) is 11.8 Å². The third-order valence-corrected chi connectivity index (χ3v) is 5.43. The molecule has 3 rings (SSSR count). The van der Waals surface area contributed by atoms with E-state index in [1.54, 1.807) is 0 Å². The Morgan fingerprint density at radius 1 is 1.18 bits per heavy atom. The second-order valence-corrected chi connectivity index (χ2v) is 7.37. The van der Waals surface area contributed by atoms with Crippen molar-refractivity contribution in [1.29, 1.82) is 0 Å². The van der Waals surface area contributed by atoms with E-state index >= 15 is 0 Å². The first-order chi connectivity index (χ1) is 13.3. The number of hydrogen-bond donors (Lipinski definition) is 1. The molecule has 1 aliphatic carbocycles. The summed E-state index contributed by atoms with van der Waals surface area (Å²) in [5.74, 6) is -0.755. The number of hydrogen-bond acceptors (Lipinski definition) is 3. The molecule has 0 unspecified atom stereocenters. The first-order valence-electron chi connectivity index (χ1n) is 9.71. The minimum Gasteiger partial charge on any atom is -0.354 e. The number of nitrogens with zero attached hydrogens (tertiary/aromatic N) is 1. The van der Waals surface area contributed by atoms with Gasteiger partial charge >= 0.3 is 6.18 Å². The van der Waals surface area contributed by atoms with E-state index in [9.17, 15) is 22.8 Å². The third-order valence-electron chi connectivity index (χ3n) is 5.43. The van der Waals surface area contributed by atoms with Gasteiger partial charge in [0.05, 0.1) is 12.2 Å². The molecule has 1 aromatic rings. The normalized spacial score (nSPS) is 21.7. The highest BCUT2D eigenvalue weighted by Crippen LogP contribution is 2.41. The smallest absolute Gasteiger partial charge is 0.354 e. The maximum Gasteiger partial charge on any atom is 0.416 e. The van der Waals surface area contributed by atoms with E-state index in [0.717, 1.165) is 37.8 Å². The highest BCUT2D eigenvalue weighted by molar-refractivity contribution is 5.98. The number of carbonyl (C=O) groups is 2. The van der Waals surface area contributed by atoms with Crippen molar-refractivity contribution in [3.8, 4) is 0 Å². The topological polar surface area (TPSA) is 58.6 Å². The summed E-state index contributed by atoms with van der Waals surface area (Å²) in [4.78, 5) is 27.4. The Hall–Kier alpha value is -2.09. The van der Waals surface area contributed by atoms with Gasteiger partial charge in [-0.15, -0.1) is 0 Å². The molecule has 0 radical (unpaired) electrons. The van der Waals surface area contributed by atoms with E-state index in [0.29, 0.717) is 19.4 Å². The van der Waals surface area contributed by atoms with Gasteiger partial charge in [-0.3, -0.25) is 14.5 Å². The fraction of sp³-hybridized carbons (Fsp3) is 0.600. The summed E-state index contributed by atoms with van der Waals surface area (Å²) in [5.41, 5.74) is -1.55. The monoisotopic (exact) mass is 398 g/mol. The van der Waals surface area contributed by atoms with Gasteiger partial charge in [-0.2, -0.15) is 13.2 Å². The molecule has 2 aliphatic rings. The predicted octanol–water partition coefficient (Wildman–Crippen LogP) is 3.73. The Bertz CT molecular complexity index is 712. The van der Waals surface area contributed by atoms with Gasteiger partial charge in [-0.25, -0.2) is 0 Å². The average molecular weight is 398 g/mol. The zero-order valence-corrected chi connectivity index (χ0v) is 15.8. The lowest BCUT2D eigenvalue weighted by molar-refractivity contribution is -0.137. The van der Waals surface area contributed by atoms with Crippen molar-refractivity contribution < 1.29 is 27.5 Å². The standard InChI is InChI=1S/C20H25F3N2O3/c1-2-12-24-17(26)16-13-28-19(10-4-3-5-11-19)25(16)18(27)14-6-8-15(9-7-14)20(21,22)23/h6-9,16H,2-5,10-13H2,1H3,(H,24,26)/t16-/m0/s1. The van der Waals surface area contributed by atoms with Crippen LogP contribution in [-0.4, -0.2) is 41.6 Å². The minimum atomic E-state index is -4.47. The van der Waals surface area contributed by atoms with Crippen molar-refractivity contribution in [3.05, 3.63) is 35.4 Å². The highest BCUT2D eigenvalue weighted by atomic mass is 19.4. The first-order valence-corrected chi connectivity index (χ1v) is 9.71. The largest absolute Gasteiger partial charge is 0.416 e. The lowest BCUT2D eigenvalue weighted by Crippen LogP contribution is -2.56. The SMILES string of the molecule is CCCNC(=O)[C@@H]1COC2(CCCCC2)N1C(=O)c1ccc(C(F)(F)F)cc1. The molecular formula is C20H25F3N2O3. The Balaban J connectivity index is 1.89. The Morgan fingerprint density at radius 2 is 1.82 bits per heavy atom. The number of halogens is 3. The summed E-state index contributed by atoms with van der Waals surface area (Å²) in [7, 11) is 0. The Morgan fingerprint density at radius 3 is 2.39 bits per heavy atom. The van der Waals surface area contributed by atoms with Crippen molar-refractivity contribution in [2.24, 2.45) is 0 Å². The van der Waals surface area contributed by atoms with Crippen molar-refractivity contribution >= 4 is 11.8 Å². The molecule has 2 amide bonds. The van der Waals surface area contributed by atoms with E-state index in [-0.39, 0.29) is 18.1 Å². The molecule has 1 heterocycles. The maximum atomic E-state index is 13.3. The molecule has 8 heteroatoms. The van der Waals surface area contributed by atoms with E-state index < -0.39 is 29.4 Å². The summed E-state index contributed by atoms with van der Waals surface area (Å²) >= 11 is 0. The van der Waals surface area contributed by atoms with Crippen molar-refractivity contribution in [3.63, 3.8) is 0 Å². The summed E-state index contributed by atoms with van der Waals surface area (Å²) < 4.78 is 44.5. The summed E-state index contributed by atoms with van der Waals surface area (Å²) in [6.07, 6.45) is 0.316. The van der Waals surface area contributed by atoms with E-state index in [1.807, 2.05) is 6.92 Å². The van der Waals surface area contributed by atoms with Gasteiger partial charge in [-0.05, 0) is 56.4 Å². The fourth-order valence-corrected chi connectivity index (χ4v) is 3.98. The van der Waals surface area contributed by atoms with Crippen molar-refractivity contribution in [1.82, 2.24) is 10.2 Å². The molecule has 1 atom stereocenters. The molecule has 0 bridgehead atoms. The quantitative estimate of drug-likeness (QED) is 0.841. The number of ether oxygens (including phenoxy) is 1. The van der Waals surface area contributed by atoms with Gasteiger partial charge < -0.3 is 10.1 Å². The number of amides is 2. The molecule has 1 aromatic carbocycles. The molecule has 1 aliphatic heterocycles. The minimum absolute atomic E-state index is 0.0991. The van der Waals surface area contributed by atoms with Crippen LogP contribution in [0.3, 0.4) is 0 Å². The third kappa shape index (κ3) is 4.01. The van der Waals surface area contributed by atoms with Gasteiger partial charge in [0.25, 0.3) is 5.91 Å². The Kier molecular flexibility index (Phi) is 5.98. The molecule has 28 heavy (non-hydrogen) atoms. The van der Waals surface area contributed by atoms with Crippen LogP contribution in [0.5, 0.6) is 0 Å². The van der Waals surface area contributed by atoms with Crippen molar-refractivity contribution in [2.75, 3.05) is 13.2 Å². The lowest BCUT2D eigenvalue weighted by Gasteiger charge is -2.41. The summed E-state index contributed by atoms with van der Waals surface area (Å²) in [5, 5.41) is 2.80. The second kappa shape index (κ2) is 8.11. The Labute approximate surface area is 162 Å². The zero-order chi connectivity index (χ0) is 20.4. The van der Waals surface area contributed by atoms with Crippen LogP contribution in [0.4, 0.5) is 13.2 Å². The molecule has 0 aromatic heterocycles. The molecule has 154 valence electrons. The molecule has 1 N–H and O–H groups in total. The van der Waals surface area contributed by atoms with Crippen LogP contribution in [0.15, 0.2) is 24.3 Å². The summed E-state index contributed by atoms with van der Waals surface area (Å²) in [6, 6.07) is 3.34. The van der Waals surface area contributed by atoms with Crippen LogP contribution in [0.1, 0.15) is 61.4 Å². The lowest BCUT2D eigenvalue weighted by atomic mass is 9.89. The number of alkyl halides is 3. The molecule has 1 saturated heterocycles. The number of nitrogens with one attached hydrogen (secondary N) is 1. The fourth-order valence-electron chi connectivity index (χ4n) is 3.98. The van der Waals surface area contributed by atoms with Gasteiger partial charge in [0, 0.05) is 12.1 Å². The molecule has 5 nitrogen and oxygen atoms in total. The zero-order valence-electron chi connectivity index (χ0n) is 15.8. The average Bonchev–Trinajstić information content (AvgIpc) is 3.04. The molecule has 1 saturated carbocycles. The van der Waals surface area contributed by atoms with E-state index in [2.05, 4.69) is 5.32 Å². The number of benzene rings is 1. The summed E-state index contributed by atoms with van der Waals surface area (Å²) in [6.45, 7) is 2.52. The maximum absolute atomic E-state index is 13.3. The van der Waals surface area contributed by atoms with Gasteiger partial charge in [0.2, 0.25) is 5.91 Å². The first kappa shape index (κ1) is 20.6. The molecule has 2 fully saturated rings. The van der Waals surface area contributed by atoms with Crippen LogP contribution in [0.25, 0.3) is 0 Å². The van der Waals surface area contributed by atoms with E-state index in [1.165, 1.54) is 17.0 Å². The van der Waals surface area contributed by atoms with Crippen LogP contribution >= 0.6 is 0 Å². The van der Waals surface area contributed by atoms with Gasteiger partial charge in [-0.1, -0.05) is 13.3 Å². The highest BCUT2D eigenvalue weighted by Gasteiger charge is 2.52.